The molecule has 3 atom stereocenters. The van der Waals surface area contributed by atoms with Crippen LogP contribution in [0.1, 0.15) is 6.42 Å². The molecule has 0 aromatic rings. The number of aliphatic carboxylic acids is 1. The molecule has 1 aliphatic rings. The maximum atomic E-state index is 11.4. The highest BCUT2D eigenvalue weighted by molar-refractivity contribution is 5.87. The molecule has 1 amide bonds. The van der Waals surface area contributed by atoms with Crippen LogP contribution in [0.2, 0.25) is 0 Å². The predicted octanol–water partition coefficient (Wildman–Crippen LogP) is -2.73. The van der Waals surface area contributed by atoms with E-state index in [9.17, 15) is 9.59 Å². The second-order valence-corrected chi connectivity index (χ2v) is 3.43. The van der Waals surface area contributed by atoms with Gasteiger partial charge in [-0.2, -0.15) is 0 Å². The quantitative estimate of drug-likeness (QED) is 0.349. The molecule has 0 spiro atoms. The van der Waals surface area contributed by atoms with E-state index in [1.54, 1.807) is 0 Å². The Balaban J connectivity index is 2.44. The van der Waals surface area contributed by atoms with E-state index in [-0.39, 0.29) is 6.42 Å². The molecule has 86 valence electrons. The summed E-state index contributed by atoms with van der Waals surface area (Å²) in [5.41, 5.74) is 0. The van der Waals surface area contributed by atoms with Crippen molar-refractivity contribution in [3.8, 4) is 0 Å². The van der Waals surface area contributed by atoms with Crippen molar-refractivity contribution in [2.45, 2.75) is 24.6 Å². The zero-order chi connectivity index (χ0) is 11.4. The molecule has 0 aromatic heterocycles. The van der Waals surface area contributed by atoms with Crippen molar-refractivity contribution in [2.75, 3.05) is 13.2 Å². The third kappa shape index (κ3) is 3.15. The topological polar surface area (TPSA) is 119 Å². The molecule has 15 heavy (non-hydrogen) atoms. The van der Waals surface area contributed by atoms with E-state index in [0.29, 0.717) is 6.54 Å². The normalized spacial score (nSPS) is 27.3. The molecule has 1 fully saturated rings. The first-order chi connectivity index (χ1) is 7.04. The number of carbonyl (C=O) groups is 2. The number of β-amino-alcohol motifs (C(OH)–C–C–N with tert-alkyl or cyclic N) is 1. The van der Waals surface area contributed by atoms with Gasteiger partial charge < -0.3 is 26.0 Å². The van der Waals surface area contributed by atoms with E-state index >= 15 is 0 Å². The zero-order valence-electron chi connectivity index (χ0n) is 8.01. The lowest BCUT2D eigenvalue weighted by Crippen LogP contribution is -2.49. The van der Waals surface area contributed by atoms with Gasteiger partial charge in [-0.3, -0.25) is 4.79 Å². The van der Waals surface area contributed by atoms with Crippen LogP contribution in [0.4, 0.5) is 0 Å². The van der Waals surface area contributed by atoms with Crippen LogP contribution in [0.15, 0.2) is 0 Å². The maximum Gasteiger partial charge on any atom is 0.328 e. The first kappa shape index (κ1) is 11.9. The lowest BCUT2D eigenvalue weighted by molar-refractivity contribution is -0.143. The van der Waals surface area contributed by atoms with Crippen molar-refractivity contribution >= 4 is 11.9 Å². The number of hydrogen-bond donors (Lipinski definition) is 5. The number of carboxylic acid groups (broad SMARTS) is 1. The molecule has 1 saturated heterocycles. The van der Waals surface area contributed by atoms with Gasteiger partial charge in [-0.15, -0.1) is 0 Å². The first-order valence-corrected chi connectivity index (χ1v) is 4.60. The number of aliphatic hydroxyl groups excluding tert-OH is 2. The summed E-state index contributed by atoms with van der Waals surface area (Å²) in [6.07, 6.45) is -0.331. The number of nitrogens with one attached hydrogen (secondary N) is 2. The third-order valence-electron chi connectivity index (χ3n) is 2.22. The van der Waals surface area contributed by atoms with Crippen LogP contribution < -0.4 is 10.6 Å². The smallest absolute Gasteiger partial charge is 0.328 e. The Kier molecular flexibility index (Phi) is 4.01. The SMILES string of the molecule is O=C(N[C@H](CO)C(=O)O)[C@@H]1C[C@@H](O)CN1. The Labute approximate surface area is 86.1 Å². The molecule has 1 aliphatic heterocycles. The number of aliphatic hydroxyl groups is 2. The Morgan fingerprint density at radius 1 is 1.53 bits per heavy atom. The number of hydrogen-bond acceptors (Lipinski definition) is 5. The molecular formula is C8H14N2O5. The van der Waals surface area contributed by atoms with Crippen LogP contribution in [-0.2, 0) is 9.59 Å². The minimum absolute atomic E-state index is 0.254. The Hall–Kier alpha value is -1.18. The predicted molar refractivity (Wildman–Crippen MR) is 49.1 cm³/mol. The number of rotatable bonds is 4. The average molecular weight is 218 g/mol. The van der Waals surface area contributed by atoms with Gasteiger partial charge in [0.1, 0.15) is 6.04 Å². The van der Waals surface area contributed by atoms with Crippen LogP contribution in [0.25, 0.3) is 0 Å². The summed E-state index contributed by atoms with van der Waals surface area (Å²) in [6, 6.07) is -1.88. The molecule has 0 saturated carbocycles. The van der Waals surface area contributed by atoms with Gasteiger partial charge in [0.25, 0.3) is 0 Å². The highest BCUT2D eigenvalue weighted by atomic mass is 16.4. The molecule has 0 unspecified atom stereocenters. The third-order valence-corrected chi connectivity index (χ3v) is 2.22. The van der Waals surface area contributed by atoms with Gasteiger partial charge >= 0.3 is 5.97 Å². The molecule has 1 rings (SSSR count). The summed E-state index contributed by atoms with van der Waals surface area (Å²) in [5.74, 6) is -1.81. The molecular weight excluding hydrogens is 204 g/mol. The zero-order valence-corrected chi connectivity index (χ0v) is 8.01. The Morgan fingerprint density at radius 3 is 2.60 bits per heavy atom. The number of carboxylic acids is 1. The van der Waals surface area contributed by atoms with E-state index in [2.05, 4.69) is 10.6 Å². The molecule has 0 aromatic carbocycles. The van der Waals surface area contributed by atoms with E-state index in [1.165, 1.54) is 0 Å². The minimum atomic E-state index is -1.29. The fourth-order valence-corrected chi connectivity index (χ4v) is 1.37. The van der Waals surface area contributed by atoms with E-state index in [4.69, 9.17) is 15.3 Å². The highest BCUT2D eigenvalue weighted by Crippen LogP contribution is 2.06. The van der Waals surface area contributed by atoms with Crippen molar-refractivity contribution in [1.82, 2.24) is 10.6 Å². The minimum Gasteiger partial charge on any atom is -0.480 e. The summed E-state index contributed by atoms with van der Waals surface area (Å²) < 4.78 is 0. The molecule has 0 aliphatic carbocycles. The van der Waals surface area contributed by atoms with Crippen molar-refractivity contribution < 1.29 is 24.9 Å². The lowest BCUT2D eigenvalue weighted by Gasteiger charge is -2.15. The lowest BCUT2D eigenvalue weighted by atomic mass is 10.2. The average Bonchev–Trinajstić information content (AvgIpc) is 2.60. The number of carbonyl (C=O) groups excluding carboxylic acids is 1. The molecule has 7 nitrogen and oxygen atoms in total. The Morgan fingerprint density at radius 2 is 2.20 bits per heavy atom. The fraction of sp³-hybridized carbons (Fsp3) is 0.750. The molecule has 0 radical (unpaired) electrons. The van der Waals surface area contributed by atoms with Crippen molar-refractivity contribution in [1.29, 1.82) is 0 Å². The second kappa shape index (κ2) is 5.06. The first-order valence-electron chi connectivity index (χ1n) is 4.60. The van der Waals surface area contributed by atoms with E-state index < -0.39 is 36.7 Å². The summed E-state index contributed by atoms with van der Waals surface area (Å²) in [6.45, 7) is -0.342. The fourth-order valence-electron chi connectivity index (χ4n) is 1.37. The van der Waals surface area contributed by atoms with Gasteiger partial charge in [0.05, 0.1) is 18.8 Å². The maximum absolute atomic E-state index is 11.4. The molecule has 0 bridgehead atoms. The summed E-state index contributed by atoms with van der Waals surface area (Å²) >= 11 is 0. The van der Waals surface area contributed by atoms with E-state index in [0.717, 1.165) is 0 Å². The van der Waals surface area contributed by atoms with Crippen LogP contribution in [0.5, 0.6) is 0 Å². The van der Waals surface area contributed by atoms with Crippen molar-refractivity contribution in [2.24, 2.45) is 0 Å². The molecule has 7 heteroatoms. The van der Waals surface area contributed by atoms with E-state index in [1.807, 2.05) is 0 Å². The molecule has 1 heterocycles. The van der Waals surface area contributed by atoms with Crippen LogP contribution >= 0.6 is 0 Å². The van der Waals surface area contributed by atoms with Crippen LogP contribution in [-0.4, -0.2) is 58.5 Å². The van der Waals surface area contributed by atoms with Crippen molar-refractivity contribution in [3.05, 3.63) is 0 Å². The summed E-state index contributed by atoms with van der Waals surface area (Å²) in [7, 11) is 0. The summed E-state index contributed by atoms with van der Waals surface area (Å²) in [4.78, 5) is 21.9. The number of amides is 1. The van der Waals surface area contributed by atoms with Crippen LogP contribution in [0, 0.1) is 0 Å². The standard InChI is InChI=1S/C8H14N2O5/c11-3-6(8(14)15)10-7(13)5-1-4(12)2-9-5/h4-6,9,11-12H,1-3H2,(H,10,13)(H,14,15)/t4-,5+,6-/m1/s1. The van der Waals surface area contributed by atoms with Gasteiger partial charge in [-0.05, 0) is 6.42 Å². The van der Waals surface area contributed by atoms with Crippen LogP contribution in [0.3, 0.4) is 0 Å². The largest absolute Gasteiger partial charge is 0.480 e. The monoisotopic (exact) mass is 218 g/mol. The van der Waals surface area contributed by atoms with Gasteiger partial charge in [0.15, 0.2) is 0 Å². The second-order valence-electron chi connectivity index (χ2n) is 3.43. The van der Waals surface area contributed by atoms with Gasteiger partial charge in [-0.25, -0.2) is 4.79 Å². The van der Waals surface area contributed by atoms with Gasteiger partial charge in [-0.1, -0.05) is 0 Å². The van der Waals surface area contributed by atoms with Gasteiger partial charge in [0, 0.05) is 6.54 Å². The molecule has 5 N–H and O–H groups in total. The Bertz CT molecular complexity index is 257. The highest BCUT2D eigenvalue weighted by Gasteiger charge is 2.30. The van der Waals surface area contributed by atoms with Gasteiger partial charge in [0.2, 0.25) is 5.91 Å². The van der Waals surface area contributed by atoms with Crippen molar-refractivity contribution in [3.63, 3.8) is 0 Å². The summed E-state index contributed by atoms with van der Waals surface area (Å²) in [5, 5.41) is 31.3.